The number of carbonyl (C=O) groups excluding carboxylic acids is 1. The number of nitrogens with zero attached hydrogens (tertiary/aromatic N) is 3. The lowest BCUT2D eigenvalue weighted by atomic mass is 10.1. The van der Waals surface area contributed by atoms with Crippen molar-refractivity contribution in [3.8, 4) is 11.8 Å². The van der Waals surface area contributed by atoms with Gasteiger partial charge in [0.2, 0.25) is 0 Å². The molecule has 1 aliphatic rings. The fraction of sp³-hybridized carbons (Fsp3) is 0.333. The molecule has 0 spiro atoms. The molecule has 0 radical (unpaired) electrons. The van der Waals surface area contributed by atoms with Crippen LogP contribution in [-0.4, -0.2) is 43.9 Å². The van der Waals surface area contributed by atoms with Crippen molar-refractivity contribution in [3.05, 3.63) is 41.2 Å². The van der Waals surface area contributed by atoms with E-state index in [1.165, 1.54) is 7.11 Å². The molecule has 0 aliphatic carbocycles. The molecular weight excluding hydrogens is 320 g/mol. The number of methoxy groups -OCH3 is 1. The van der Waals surface area contributed by atoms with Gasteiger partial charge >= 0.3 is 5.97 Å². The molecular formula is C18H20N4O3. The van der Waals surface area contributed by atoms with E-state index in [0.29, 0.717) is 13.2 Å². The summed E-state index contributed by atoms with van der Waals surface area (Å²) in [5.41, 5.74) is 9.36. The lowest BCUT2D eigenvalue weighted by molar-refractivity contribution is 0.0593. The third-order valence-electron chi connectivity index (χ3n) is 4.36. The highest BCUT2D eigenvalue weighted by Gasteiger charge is 2.22. The van der Waals surface area contributed by atoms with Crippen LogP contribution in [-0.2, 0) is 9.47 Å². The maximum Gasteiger partial charge on any atom is 0.357 e. The van der Waals surface area contributed by atoms with Gasteiger partial charge < -0.3 is 24.7 Å². The van der Waals surface area contributed by atoms with Crippen molar-refractivity contribution in [2.45, 2.75) is 6.92 Å². The van der Waals surface area contributed by atoms with E-state index < -0.39 is 5.97 Å². The van der Waals surface area contributed by atoms with E-state index in [4.69, 9.17) is 15.2 Å². The molecule has 130 valence electrons. The van der Waals surface area contributed by atoms with Gasteiger partial charge in [-0.05, 0) is 30.7 Å². The van der Waals surface area contributed by atoms with E-state index in [0.717, 1.165) is 30.0 Å². The number of hydrogen-bond acceptors (Lipinski definition) is 6. The number of benzene rings is 1. The van der Waals surface area contributed by atoms with Gasteiger partial charge in [-0.15, -0.1) is 0 Å². The minimum Gasteiger partial charge on any atom is -0.464 e. The van der Waals surface area contributed by atoms with E-state index in [2.05, 4.69) is 11.0 Å². The molecule has 2 heterocycles. The molecule has 0 saturated carbocycles. The Hall–Kier alpha value is -2.98. The first-order chi connectivity index (χ1) is 12.1. The number of nitrogens with two attached hydrogens (primary N) is 1. The smallest absolute Gasteiger partial charge is 0.357 e. The van der Waals surface area contributed by atoms with E-state index in [9.17, 15) is 10.1 Å². The van der Waals surface area contributed by atoms with Crippen molar-refractivity contribution in [1.82, 2.24) is 4.57 Å². The molecule has 1 fully saturated rings. The number of aromatic nitrogens is 1. The SMILES string of the molecule is COC(=O)c1c(N)c(C#N)cn1-c1ccc(N2CCOCC2)cc1C. The third-order valence-corrected chi connectivity index (χ3v) is 4.36. The first kappa shape index (κ1) is 16.9. The zero-order chi connectivity index (χ0) is 18.0. The Morgan fingerprint density at radius 3 is 2.68 bits per heavy atom. The molecule has 1 aromatic heterocycles. The van der Waals surface area contributed by atoms with Gasteiger partial charge in [0.15, 0.2) is 5.69 Å². The van der Waals surface area contributed by atoms with E-state index >= 15 is 0 Å². The molecule has 0 amide bonds. The fourth-order valence-electron chi connectivity index (χ4n) is 3.03. The van der Waals surface area contributed by atoms with Crippen LogP contribution in [0.15, 0.2) is 24.4 Å². The number of anilines is 2. The Kier molecular flexibility index (Phi) is 4.63. The molecule has 0 unspecified atom stereocenters. The Morgan fingerprint density at radius 2 is 2.08 bits per heavy atom. The molecule has 1 aliphatic heterocycles. The Balaban J connectivity index is 2.05. The first-order valence-corrected chi connectivity index (χ1v) is 7.99. The Bertz CT molecular complexity index is 845. The number of esters is 1. The van der Waals surface area contributed by atoms with Crippen LogP contribution in [0.2, 0.25) is 0 Å². The van der Waals surface area contributed by atoms with E-state index in [1.54, 1.807) is 10.8 Å². The number of hydrogen-bond donors (Lipinski definition) is 1. The average Bonchev–Trinajstić information content (AvgIpc) is 2.98. The maximum absolute atomic E-state index is 12.1. The fourth-order valence-corrected chi connectivity index (χ4v) is 3.03. The van der Waals surface area contributed by atoms with Crippen molar-refractivity contribution in [1.29, 1.82) is 5.26 Å². The highest BCUT2D eigenvalue weighted by Crippen LogP contribution is 2.28. The lowest BCUT2D eigenvalue weighted by Gasteiger charge is -2.29. The molecule has 1 saturated heterocycles. The molecule has 7 heteroatoms. The predicted molar refractivity (Wildman–Crippen MR) is 94.0 cm³/mol. The summed E-state index contributed by atoms with van der Waals surface area (Å²) in [6, 6.07) is 7.99. The molecule has 2 N–H and O–H groups in total. The van der Waals surface area contributed by atoms with Crippen LogP contribution in [0.4, 0.5) is 11.4 Å². The summed E-state index contributed by atoms with van der Waals surface area (Å²) < 4.78 is 11.8. The highest BCUT2D eigenvalue weighted by atomic mass is 16.5. The quantitative estimate of drug-likeness (QED) is 0.857. The zero-order valence-electron chi connectivity index (χ0n) is 14.3. The lowest BCUT2D eigenvalue weighted by Crippen LogP contribution is -2.36. The first-order valence-electron chi connectivity index (χ1n) is 7.99. The van der Waals surface area contributed by atoms with Crippen LogP contribution in [0.3, 0.4) is 0 Å². The largest absolute Gasteiger partial charge is 0.464 e. The summed E-state index contributed by atoms with van der Waals surface area (Å²) in [6.07, 6.45) is 1.57. The van der Waals surface area contributed by atoms with Crippen LogP contribution < -0.4 is 10.6 Å². The number of nitrogen functional groups attached to an aromatic ring is 1. The molecule has 2 aromatic rings. The van der Waals surface area contributed by atoms with Gasteiger partial charge in [-0.25, -0.2) is 4.79 Å². The van der Waals surface area contributed by atoms with Crippen molar-refractivity contribution in [3.63, 3.8) is 0 Å². The number of carbonyl (C=O) groups is 1. The molecule has 0 atom stereocenters. The van der Waals surface area contributed by atoms with Gasteiger partial charge in [0.05, 0.1) is 31.6 Å². The highest BCUT2D eigenvalue weighted by molar-refractivity contribution is 5.96. The van der Waals surface area contributed by atoms with Crippen molar-refractivity contribution in [2.75, 3.05) is 44.0 Å². The van der Waals surface area contributed by atoms with Crippen LogP contribution >= 0.6 is 0 Å². The van der Waals surface area contributed by atoms with E-state index in [1.807, 2.05) is 25.1 Å². The van der Waals surface area contributed by atoms with E-state index in [-0.39, 0.29) is 16.9 Å². The zero-order valence-corrected chi connectivity index (χ0v) is 14.3. The van der Waals surface area contributed by atoms with Gasteiger partial charge in [0.1, 0.15) is 6.07 Å². The monoisotopic (exact) mass is 340 g/mol. The number of rotatable bonds is 3. The second-order valence-electron chi connectivity index (χ2n) is 5.85. The van der Waals surface area contributed by atoms with Crippen molar-refractivity contribution < 1.29 is 14.3 Å². The average molecular weight is 340 g/mol. The van der Waals surface area contributed by atoms with Crippen molar-refractivity contribution in [2.24, 2.45) is 0 Å². The van der Waals surface area contributed by atoms with Gasteiger partial charge in [-0.2, -0.15) is 5.26 Å². The number of aryl methyl sites for hydroxylation is 1. The van der Waals surface area contributed by atoms with Crippen molar-refractivity contribution >= 4 is 17.3 Å². The molecule has 0 bridgehead atoms. The van der Waals surface area contributed by atoms with Gasteiger partial charge in [0, 0.05) is 30.7 Å². The number of ether oxygens (including phenoxy) is 2. The standard InChI is InChI=1S/C18H20N4O3/c1-12-9-14(21-5-7-25-8-6-21)3-4-15(12)22-11-13(10-19)16(20)17(22)18(23)24-2/h3-4,9,11H,5-8,20H2,1-2H3. The maximum atomic E-state index is 12.1. The second-order valence-corrected chi connectivity index (χ2v) is 5.85. The minimum atomic E-state index is -0.573. The summed E-state index contributed by atoms with van der Waals surface area (Å²) in [5.74, 6) is -0.573. The van der Waals surface area contributed by atoms with Crippen LogP contribution in [0.1, 0.15) is 21.6 Å². The summed E-state index contributed by atoms with van der Waals surface area (Å²) >= 11 is 0. The predicted octanol–water partition coefficient (Wildman–Crippen LogP) is 1.86. The topological polar surface area (TPSA) is 93.5 Å². The Labute approximate surface area is 146 Å². The van der Waals surface area contributed by atoms with Gasteiger partial charge in [0.25, 0.3) is 0 Å². The minimum absolute atomic E-state index is 0.131. The molecule has 25 heavy (non-hydrogen) atoms. The summed E-state index contributed by atoms with van der Waals surface area (Å²) in [4.78, 5) is 14.4. The molecule has 1 aromatic carbocycles. The van der Waals surface area contributed by atoms with Gasteiger partial charge in [-0.3, -0.25) is 0 Å². The molecule has 7 nitrogen and oxygen atoms in total. The van der Waals surface area contributed by atoms with Crippen LogP contribution in [0.25, 0.3) is 5.69 Å². The summed E-state index contributed by atoms with van der Waals surface area (Å²) in [7, 11) is 1.29. The van der Waals surface area contributed by atoms with Gasteiger partial charge in [-0.1, -0.05) is 0 Å². The summed E-state index contributed by atoms with van der Waals surface area (Å²) in [5, 5.41) is 9.23. The number of nitriles is 1. The third kappa shape index (κ3) is 3.04. The van der Waals surface area contributed by atoms with Crippen LogP contribution in [0.5, 0.6) is 0 Å². The normalized spacial score (nSPS) is 14.2. The van der Waals surface area contributed by atoms with Crippen LogP contribution in [0, 0.1) is 18.3 Å². The molecule has 3 rings (SSSR count). The number of morpholine rings is 1. The Morgan fingerprint density at radius 1 is 1.36 bits per heavy atom. The summed E-state index contributed by atoms with van der Waals surface area (Å²) in [6.45, 7) is 5.09. The second kappa shape index (κ2) is 6.87.